The number of hydrogen-bond acceptors (Lipinski definition) is 4. The molecule has 144 valence electrons. The van der Waals surface area contributed by atoms with E-state index in [0.29, 0.717) is 24.6 Å². The molecule has 0 radical (unpaired) electrons. The summed E-state index contributed by atoms with van der Waals surface area (Å²) in [6.07, 6.45) is 0.159. The zero-order chi connectivity index (χ0) is 19.5. The first kappa shape index (κ1) is 19.9. The second-order valence-corrected chi connectivity index (χ2v) is 8.44. The number of hydrogen-bond donors (Lipinski definition) is 1. The minimum Gasteiger partial charge on any atom is -0.446 e. The van der Waals surface area contributed by atoms with Crippen molar-refractivity contribution in [2.45, 2.75) is 45.6 Å². The lowest BCUT2D eigenvalue weighted by atomic mass is 9.92. The number of nitrogens with one attached hydrogen (secondary N) is 1. The number of carbonyl (C=O) groups excluding carboxylic acids is 1. The molecule has 4 nitrogen and oxygen atoms in total. The minimum atomic E-state index is -0.580. The summed E-state index contributed by atoms with van der Waals surface area (Å²) in [5.41, 5.74) is 0.993. The fourth-order valence-corrected chi connectivity index (χ4v) is 3.20. The van der Waals surface area contributed by atoms with Crippen LogP contribution in [-0.4, -0.2) is 18.7 Å². The van der Waals surface area contributed by atoms with Gasteiger partial charge < -0.3 is 9.47 Å². The Morgan fingerprint density at radius 1 is 1.15 bits per heavy atom. The van der Waals surface area contributed by atoms with Gasteiger partial charge in [-0.1, -0.05) is 54.1 Å². The van der Waals surface area contributed by atoms with Crippen LogP contribution < -0.4 is 5.32 Å². The molecule has 2 aromatic rings. The van der Waals surface area contributed by atoms with Gasteiger partial charge in [-0.25, -0.2) is 0 Å². The van der Waals surface area contributed by atoms with Crippen LogP contribution in [0, 0.1) is 5.41 Å². The van der Waals surface area contributed by atoms with E-state index in [1.165, 1.54) is 0 Å². The molecule has 0 aromatic heterocycles. The Hall–Kier alpha value is -1.88. The van der Waals surface area contributed by atoms with E-state index in [9.17, 15) is 4.79 Å². The van der Waals surface area contributed by atoms with Crippen LogP contribution >= 0.6 is 11.6 Å². The average Bonchev–Trinajstić information content (AvgIpc) is 3.05. The highest BCUT2D eigenvalue weighted by Gasteiger charge is 2.44. The van der Waals surface area contributed by atoms with Crippen molar-refractivity contribution in [3.05, 3.63) is 70.7 Å². The number of esters is 1. The van der Waals surface area contributed by atoms with Crippen molar-refractivity contribution < 1.29 is 14.3 Å². The molecular weight excluding hydrogens is 362 g/mol. The lowest BCUT2D eigenvalue weighted by Crippen LogP contribution is -2.33. The van der Waals surface area contributed by atoms with Gasteiger partial charge in [0.05, 0.1) is 12.0 Å². The molecule has 0 saturated carbocycles. The number of carbonyl (C=O) groups is 1. The van der Waals surface area contributed by atoms with E-state index in [1.54, 1.807) is 0 Å². The Morgan fingerprint density at radius 2 is 1.81 bits per heavy atom. The second kappa shape index (κ2) is 8.01. The van der Waals surface area contributed by atoms with E-state index in [2.05, 4.69) is 5.32 Å². The Balaban J connectivity index is 1.79. The van der Waals surface area contributed by atoms with Gasteiger partial charge in [0.2, 0.25) is 0 Å². The van der Waals surface area contributed by atoms with Crippen LogP contribution in [0.25, 0.3) is 0 Å². The molecule has 1 fully saturated rings. The van der Waals surface area contributed by atoms with Gasteiger partial charge in [-0.3, -0.25) is 10.1 Å². The molecule has 1 aliphatic heterocycles. The molecule has 2 unspecified atom stereocenters. The summed E-state index contributed by atoms with van der Waals surface area (Å²) in [6, 6.07) is 17.7. The quantitative estimate of drug-likeness (QED) is 0.758. The van der Waals surface area contributed by atoms with Crippen LogP contribution in [0.2, 0.25) is 5.02 Å². The Morgan fingerprint density at radius 3 is 2.44 bits per heavy atom. The molecule has 27 heavy (non-hydrogen) atoms. The van der Waals surface area contributed by atoms with E-state index in [4.69, 9.17) is 21.1 Å². The number of halogens is 1. The van der Waals surface area contributed by atoms with Crippen molar-refractivity contribution >= 4 is 17.6 Å². The number of ether oxygens (including phenoxy) is 2. The molecule has 1 saturated heterocycles. The van der Waals surface area contributed by atoms with Gasteiger partial charge in [0.25, 0.3) is 0 Å². The average molecular weight is 388 g/mol. The normalized spacial score (nSPS) is 22.6. The summed E-state index contributed by atoms with van der Waals surface area (Å²) < 4.78 is 12.1. The van der Waals surface area contributed by atoms with Gasteiger partial charge in [-0.05, 0) is 44.0 Å². The standard InChI is InChI=1S/C22H26ClNO3/c1-21(2,3)20(25)27-19-13-22(15-24-19,17-9-11-18(23)12-10-17)26-14-16-7-5-4-6-8-16/h4-12,19,24H,13-15H2,1-3H3. The van der Waals surface area contributed by atoms with Crippen molar-refractivity contribution in [1.29, 1.82) is 0 Å². The maximum Gasteiger partial charge on any atom is 0.312 e. The molecule has 0 aliphatic carbocycles. The Bertz CT molecular complexity index is 770. The highest BCUT2D eigenvalue weighted by Crippen LogP contribution is 2.37. The van der Waals surface area contributed by atoms with Gasteiger partial charge in [0.15, 0.2) is 6.23 Å². The Kier molecular flexibility index (Phi) is 5.89. The van der Waals surface area contributed by atoms with Crippen molar-refractivity contribution in [3.8, 4) is 0 Å². The van der Waals surface area contributed by atoms with Crippen LogP contribution in [0.1, 0.15) is 38.3 Å². The maximum absolute atomic E-state index is 12.3. The third-order valence-electron chi connectivity index (χ3n) is 4.72. The van der Waals surface area contributed by atoms with E-state index < -0.39 is 11.0 Å². The lowest BCUT2D eigenvalue weighted by Gasteiger charge is -2.30. The SMILES string of the molecule is CC(C)(C)C(=O)OC1CC(OCc2ccccc2)(c2ccc(Cl)cc2)CN1. The van der Waals surface area contributed by atoms with Gasteiger partial charge in [-0.15, -0.1) is 0 Å². The van der Waals surface area contributed by atoms with Crippen LogP contribution in [0.15, 0.2) is 54.6 Å². The fourth-order valence-electron chi connectivity index (χ4n) is 3.07. The summed E-state index contributed by atoms with van der Waals surface area (Å²) in [7, 11) is 0. The van der Waals surface area contributed by atoms with Gasteiger partial charge in [0, 0.05) is 18.0 Å². The molecule has 1 N–H and O–H groups in total. The fraction of sp³-hybridized carbons (Fsp3) is 0.409. The lowest BCUT2D eigenvalue weighted by molar-refractivity contribution is -0.160. The predicted molar refractivity (Wildman–Crippen MR) is 106 cm³/mol. The van der Waals surface area contributed by atoms with E-state index >= 15 is 0 Å². The second-order valence-electron chi connectivity index (χ2n) is 8.00. The van der Waals surface area contributed by atoms with E-state index in [-0.39, 0.29) is 12.2 Å². The van der Waals surface area contributed by atoms with Crippen LogP contribution in [0.4, 0.5) is 0 Å². The topological polar surface area (TPSA) is 47.6 Å². The van der Waals surface area contributed by atoms with Crippen LogP contribution in [0.5, 0.6) is 0 Å². The summed E-state index contributed by atoms with van der Waals surface area (Å²) in [4.78, 5) is 12.3. The molecule has 1 heterocycles. The summed E-state index contributed by atoms with van der Waals surface area (Å²) >= 11 is 6.06. The zero-order valence-corrected chi connectivity index (χ0v) is 16.8. The smallest absolute Gasteiger partial charge is 0.312 e. The highest BCUT2D eigenvalue weighted by atomic mass is 35.5. The van der Waals surface area contributed by atoms with Crippen molar-refractivity contribution in [2.24, 2.45) is 5.41 Å². The third kappa shape index (κ3) is 4.89. The molecule has 2 atom stereocenters. The molecule has 3 rings (SSSR count). The highest BCUT2D eigenvalue weighted by molar-refractivity contribution is 6.30. The first-order chi connectivity index (χ1) is 12.8. The molecule has 1 aliphatic rings. The van der Waals surface area contributed by atoms with Gasteiger partial charge in [-0.2, -0.15) is 0 Å². The first-order valence-corrected chi connectivity index (χ1v) is 9.55. The molecule has 0 bridgehead atoms. The van der Waals surface area contributed by atoms with Crippen molar-refractivity contribution in [1.82, 2.24) is 5.32 Å². The molecule has 0 amide bonds. The molecular formula is C22H26ClNO3. The van der Waals surface area contributed by atoms with Crippen molar-refractivity contribution in [3.63, 3.8) is 0 Å². The number of rotatable bonds is 5. The molecule has 5 heteroatoms. The van der Waals surface area contributed by atoms with Crippen LogP contribution in [-0.2, 0) is 26.5 Å². The largest absolute Gasteiger partial charge is 0.446 e. The summed E-state index contributed by atoms with van der Waals surface area (Å²) in [5.74, 6) is -0.227. The molecule has 0 spiro atoms. The number of benzene rings is 2. The maximum atomic E-state index is 12.3. The van der Waals surface area contributed by atoms with Crippen LogP contribution in [0.3, 0.4) is 0 Å². The third-order valence-corrected chi connectivity index (χ3v) is 4.97. The summed E-state index contributed by atoms with van der Waals surface area (Å²) in [6.45, 7) is 6.59. The van der Waals surface area contributed by atoms with E-state index in [1.807, 2.05) is 75.4 Å². The van der Waals surface area contributed by atoms with Gasteiger partial charge >= 0.3 is 5.97 Å². The first-order valence-electron chi connectivity index (χ1n) is 9.17. The van der Waals surface area contributed by atoms with Crippen molar-refractivity contribution in [2.75, 3.05) is 6.54 Å². The monoisotopic (exact) mass is 387 g/mol. The summed E-state index contributed by atoms with van der Waals surface area (Å²) in [5, 5.41) is 3.98. The van der Waals surface area contributed by atoms with E-state index in [0.717, 1.165) is 11.1 Å². The zero-order valence-electron chi connectivity index (χ0n) is 16.0. The minimum absolute atomic E-state index is 0.227. The van der Waals surface area contributed by atoms with Gasteiger partial charge in [0.1, 0.15) is 5.60 Å². The predicted octanol–water partition coefficient (Wildman–Crippen LogP) is 4.66. The molecule has 2 aromatic carbocycles. The Labute approximate surface area is 165 Å².